The number of nitro groups is 1. The quantitative estimate of drug-likeness (QED) is 0.501. The highest BCUT2D eigenvalue weighted by Crippen LogP contribution is 2.22. The van der Waals surface area contributed by atoms with Gasteiger partial charge in [-0.1, -0.05) is 12.1 Å². The van der Waals surface area contributed by atoms with Crippen LogP contribution in [0.4, 0.5) is 11.4 Å². The second kappa shape index (κ2) is 7.90. The molecule has 0 bridgehead atoms. The van der Waals surface area contributed by atoms with E-state index >= 15 is 0 Å². The topological polar surface area (TPSA) is 122 Å². The molecule has 26 heavy (non-hydrogen) atoms. The van der Waals surface area contributed by atoms with Crippen molar-refractivity contribution in [3.8, 4) is 6.07 Å². The number of anilines is 1. The monoisotopic (exact) mass is 353 g/mol. The van der Waals surface area contributed by atoms with Crippen molar-refractivity contribution < 1.29 is 19.2 Å². The van der Waals surface area contributed by atoms with Crippen LogP contribution in [0.25, 0.3) is 0 Å². The summed E-state index contributed by atoms with van der Waals surface area (Å²) in [6.07, 6.45) is -1.13. The van der Waals surface area contributed by atoms with Crippen LogP contribution in [0.1, 0.15) is 28.4 Å². The molecule has 0 radical (unpaired) electrons. The van der Waals surface area contributed by atoms with Crippen molar-refractivity contribution in [3.05, 3.63) is 69.3 Å². The minimum Gasteiger partial charge on any atom is -0.449 e. The summed E-state index contributed by atoms with van der Waals surface area (Å²) in [4.78, 5) is 34.8. The Morgan fingerprint density at radius 2 is 1.96 bits per heavy atom. The van der Waals surface area contributed by atoms with Gasteiger partial charge in [0.1, 0.15) is 0 Å². The normalized spacial score (nSPS) is 11.1. The number of esters is 1. The standard InChI is InChI=1S/C18H15N3O5/c1-11-15(7-4-8-16(11)21(24)25)18(23)26-12(2)17(22)20-14-6-3-5-13(9-14)10-19/h3-9,12H,1-2H3,(H,20,22)/t12-/m1/s1. The highest BCUT2D eigenvalue weighted by Gasteiger charge is 2.23. The zero-order valence-corrected chi connectivity index (χ0v) is 14.1. The third-order valence-electron chi connectivity index (χ3n) is 3.63. The predicted molar refractivity (Wildman–Crippen MR) is 92.5 cm³/mol. The molecule has 1 atom stereocenters. The molecule has 0 spiro atoms. The number of rotatable bonds is 5. The van der Waals surface area contributed by atoms with Crippen molar-refractivity contribution >= 4 is 23.3 Å². The van der Waals surface area contributed by atoms with Crippen LogP contribution in [-0.2, 0) is 9.53 Å². The van der Waals surface area contributed by atoms with E-state index in [0.717, 1.165) is 0 Å². The SMILES string of the molecule is Cc1c(C(=O)O[C@H](C)C(=O)Nc2cccc(C#N)c2)cccc1[N+](=O)[O-]. The molecular weight excluding hydrogens is 338 g/mol. The van der Waals surface area contributed by atoms with Gasteiger partial charge in [-0.15, -0.1) is 0 Å². The number of hydrogen-bond donors (Lipinski definition) is 1. The fourth-order valence-electron chi connectivity index (χ4n) is 2.23. The lowest BCUT2D eigenvalue weighted by Gasteiger charge is -2.14. The summed E-state index contributed by atoms with van der Waals surface area (Å²) in [5, 5.41) is 22.3. The van der Waals surface area contributed by atoms with E-state index in [1.807, 2.05) is 6.07 Å². The smallest absolute Gasteiger partial charge is 0.339 e. The van der Waals surface area contributed by atoms with Crippen LogP contribution < -0.4 is 5.32 Å². The van der Waals surface area contributed by atoms with Gasteiger partial charge in [-0.25, -0.2) is 4.79 Å². The number of nitriles is 1. The Bertz CT molecular complexity index is 917. The van der Waals surface area contributed by atoms with E-state index in [1.54, 1.807) is 18.2 Å². The Balaban J connectivity index is 2.09. The van der Waals surface area contributed by atoms with Gasteiger partial charge in [-0.2, -0.15) is 5.26 Å². The van der Waals surface area contributed by atoms with Gasteiger partial charge in [0.25, 0.3) is 11.6 Å². The molecule has 0 fully saturated rings. The van der Waals surface area contributed by atoms with Crippen LogP contribution in [-0.4, -0.2) is 22.9 Å². The van der Waals surface area contributed by atoms with E-state index < -0.39 is 22.9 Å². The molecule has 0 saturated carbocycles. The third-order valence-corrected chi connectivity index (χ3v) is 3.63. The molecule has 0 aliphatic heterocycles. The van der Waals surface area contributed by atoms with Crippen LogP contribution in [0, 0.1) is 28.4 Å². The summed E-state index contributed by atoms with van der Waals surface area (Å²) in [5.74, 6) is -1.42. The zero-order valence-electron chi connectivity index (χ0n) is 14.1. The lowest BCUT2D eigenvalue weighted by molar-refractivity contribution is -0.385. The number of carbonyl (C=O) groups is 2. The van der Waals surface area contributed by atoms with Gasteiger partial charge in [-0.05, 0) is 38.1 Å². The fraction of sp³-hybridized carbons (Fsp3) is 0.167. The summed E-state index contributed by atoms with van der Waals surface area (Å²) in [6, 6.07) is 12.3. The lowest BCUT2D eigenvalue weighted by atomic mass is 10.1. The number of carbonyl (C=O) groups excluding carboxylic acids is 2. The van der Waals surface area contributed by atoms with Gasteiger partial charge < -0.3 is 10.1 Å². The molecule has 2 aromatic carbocycles. The molecule has 0 aromatic heterocycles. The van der Waals surface area contributed by atoms with Crippen LogP contribution >= 0.6 is 0 Å². The van der Waals surface area contributed by atoms with Crippen molar-refractivity contribution in [2.75, 3.05) is 5.32 Å². The molecule has 0 aliphatic rings. The van der Waals surface area contributed by atoms with Crippen molar-refractivity contribution in [2.24, 2.45) is 0 Å². The molecular formula is C18H15N3O5. The fourth-order valence-corrected chi connectivity index (χ4v) is 2.23. The highest BCUT2D eigenvalue weighted by molar-refractivity contribution is 5.98. The molecule has 8 nitrogen and oxygen atoms in total. The summed E-state index contributed by atoms with van der Waals surface area (Å²) in [5.41, 5.74) is 0.746. The maximum atomic E-state index is 12.2. The second-order valence-electron chi connectivity index (χ2n) is 5.44. The summed E-state index contributed by atoms with van der Waals surface area (Å²) in [7, 11) is 0. The van der Waals surface area contributed by atoms with Gasteiger partial charge in [-0.3, -0.25) is 14.9 Å². The number of nitrogens with zero attached hydrogens (tertiary/aromatic N) is 2. The predicted octanol–water partition coefficient (Wildman–Crippen LogP) is 2.96. The van der Waals surface area contributed by atoms with E-state index in [1.165, 1.54) is 38.1 Å². The maximum Gasteiger partial charge on any atom is 0.339 e. The van der Waals surface area contributed by atoms with Crippen LogP contribution in [0.5, 0.6) is 0 Å². The van der Waals surface area contributed by atoms with Crippen molar-refractivity contribution in [1.82, 2.24) is 0 Å². The average molecular weight is 353 g/mol. The van der Waals surface area contributed by atoms with E-state index in [2.05, 4.69) is 5.32 Å². The van der Waals surface area contributed by atoms with Crippen LogP contribution in [0.3, 0.4) is 0 Å². The number of amides is 1. The molecule has 0 aliphatic carbocycles. The van der Waals surface area contributed by atoms with Crippen LogP contribution in [0.2, 0.25) is 0 Å². The van der Waals surface area contributed by atoms with Gasteiger partial charge >= 0.3 is 5.97 Å². The van der Waals surface area contributed by atoms with E-state index in [0.29, 0.717) is 11.3 Å². The highest BCUT2D eigenvalue weighted by atomic mass is 16.6. The first-order chi connectivity index (χ1) is 12.3. The molecule has 0 unspecified atom stereocenters. The lowest BCUT2D eigenvalue weighted by Crippen LogP contribution is -2.30. The van der Waals surface area contributed by atoms with Crippen molar-refractivity contribution in [2.45, 2.75) is 20.0 Å². The number of benzene rings is 2. The molecule has 8 heteroatoms. The van der Waals surface area contributed by atoms with Crippen LogP contribution in [0.15, 0.2) is 42.5 Å². The Kier molecular flexibility index (Phi) is 5.65. The first kappa shape index (κ1) is 18.6. The number of nitro benzene ring substituents is 1. The average Bonchev–Trinajstić information content (AvgIpc) is 2.61. The van der Waals surface area contributed by atoms with E-state index in [4.69, 9.17) is 10.00 Å². The molecule has 0 saturated heterocycles. The minimum atomic E-state index is -1.13. The summed E-state index contributed by atoms with van der Waals surface area (Å²) < 4.78 is 5.10. The molecule has 2 aromatic rings. The second-order valence-corrected chi connectivity index (χ2v) is 5.44. The molecule has 1 N–H and O–H groups in total. The molecule has 2 rings (SSSR count). The molecule has 132 valence electrons. The molecule has 0 heterocycles. The third kappa shape index (κ3) is 4.21. The Labute approximate surface area is 149 Å². The first-order valence-electron chi connectivity index (χ1n) is 7.59. The minimum absolute atomic E-state index is 0.0188. The Morgan fingerprint density at radius 1 is 1.27 bits per heavy atom. The largest absolute Gasteiger partial charge is 0.449 e. The number of ether oxygens (including phenoxy) is 1. The van der Waals surface area contributed by atoms with Gasteiger partial charge in [0, 0.05) is 17.3 Å². The Morgan fingerprint density at radius 3 is 2.62 bits per heavy atom. The summed E-state index contributed by atoms with van der Waals surface area (Å²) in [6.45, 7) is 2.82. The van der Waals surface area contributed by atoms with Gasteiger partial charge in [0.2, 0.25) is 0 Å². The number of hydrogen-bond acceptors (Lipinski definition) is 6. The zero-order chi connectivity index (χ0) is 19.3. The maximum absolute atomic E-state index is 12.2. The van der Waals surface area contributed by atoms with E-state index in [-0.39, 0.29) is 16.8 Å². The van der Waals surface area contributed by atoms with Crippen molar-refractivity contribution in [3.63, 3.8) is 0 Å². The Hall–Kier alpha value is -3.73. The van der Waals surface area contributed by atoms with Gasteiger partial charge in [0.15, 0.2) is 6.10 Å². The summed E-state index contributed by atoms with van der Waals surface area (Å²) >= 11 is 0. The van der Waals surface area contributed by atoms with Crippen molar-refractivity contribution in [1.29, 1.82) is 5.26 Å². The first-order valence-corrected chi connectivity index (χ1v) is 7.59. The van der Waals surface area contributed by atoms with E-state index in [9.17, 15) is 19.7 Å². The number of nitrogens with one attached hydrogen (secondary N) is 1. The van der Waals surface area contributed by atoms with Gasteiger partial charge in [0.05, 0.1) is 22.1 Å². The molecule has 1 amide bonds.